The van der Waals surface area contributed by atoms with E-state index in [4.69, 9.17) is 14.4 Å². The molecule has 1 saturated heterocycles. The molecule has 1 aromatic carbocycles. The van der Waals surface area contributed by atoms with Crippen LogP contribution in [0.1, 0.15) is 33.3 Å². The molecule has 0 aromatic heterocycles. The van der Waals surface area contributed by atoms with Gasteiger partial charge in [-0.3, -0.25) is 4.79 Å². The van der Waals surface area contributed by atoms with Gasteiger partial charge in [0.25, 0.3) is 0 Å². The molecule has 1 aromatic rings. The lowest BCUT2D eigenvalue weighted by molar-refractivity contribution is -0.118. The van der Waals surface area contributed by atoms with Gasteiger partial charge in [-0.15, -0.1) is 0 Å². The summed E-state index contributed by atoms with van der Waals surface area (Å²) in [5, 5.41) is 11.0. The molecule has 1 aliphatic rings. The molecule has 0 spiro atoms. The monoisotopic (exact) mass is 383 g/mol. The lowest BCUT2D eigenvalue weighted by atomic mass is 9.79. The van der Waals surface area contributed by atoms with Crippen LogP contribution in [-0.2, 0) is 29.7 Å². The average molecular weight is 383 g/mol. The standard InChI is InChI=1S/C17H26BNO6S/c1-16(2)17(3,4)25-18(24-16)14-7-5-13(6-8-14)11-26(22,23)12-15(21)19-9-10-20/h5-8,20H,9-12H2,1-4H3,(H,19,21). The van der Waals surface area contributed by atoms with Gasteiger partial charge in [0.15, 0.2) is 9.84 Å². The van der Waals surface area contributed by atoms with E-state index in [0.29, 0.717) is 5.56 Å². The molecule has 2 N–H and O–H groups in total. The minimum Gasteiger partial charge on any atom is -0.399 e. The third-order valence-corrected chi connectivity index (χ3v) is 6.15. The quantitative estimate of drug-likeness (QED) is 0.644. The zero-order valence-electron chi connectivity index (χ0n) is 15.6. The lowest BCUT2D eigenvalue weighted by Gasteiger charge is -2.32. The van der Waals surface area contributed by atoms with E-state index in [0.717, 1.165) is 5.46 Å². The van der Waals surface area contributed by atoms with Gasteiger partial charge in [0.05, 0.1) is 23.6 Å². The number of carbonyl (C=O) groups excluding carboxylic acids is 1. The number of hydrogen-bond acceptors (Lipinski definition) is 6. The van der Waals surface area contributed by atoms with E-state index in [9.17, 15) is 13.2 Å². The first-order chi connectivity index (χ1) is 12.0. The van der Waals surface area contributed by atoms with Gasteiger partial charge in [-0.05, 0) is 38.7 Å². The number of rotatable bonds is 7. The van der Waals surface area contributed by atoms with Gasteiger partial charge >= 0.3 is 7.12 Å². The van der Waals surface area contributed by atoms with E-state index in [1.807, 2.05) is 27.7 Å². The predicted octanol–water partition coefficient (Wildman–Crippen LogP) is 0.00910. The third kappa shape index (κ3) is 5.06. The molecule has 144 valence electrons. The zero-order valence-corrected chi connectivity index (χ0v) is 16.4. The van der Waals surface area contributed by atoms with Gasteiger partial charge in [-0.25, -0.2) is 8.42 Å². The predicted molar refractivity (Wildman–Crippen MR) is 99.7 cm³/mol. The van der Waals surface area contributed by atoms with Gasteiger partial charge in [-0.2, -0.15) is 0 Å². The Balaban J connectivity index is 2.01. The number of aliphatic hydroxyl groups is 1. The number of amides is 1. The summed E-state index contributed by atoms with van der Waals surface area (Å²) in [6, 6.07) is 6.95. The van der Waals surface area contributed by atoms with Crippen LogP contribution in [0, 0.1) is 0 Å². The first-order valence-electron chi connectivity index (χ1n) is 8.48. The molecule has 0 atom stereocenters. The molecule has 1 fully saturated rings. The second-order valence-corrected chi connectivity index (χ2v) is 9.50. The van der Waals surface area contributed by atoms with Crippen LogP contribution in [0.2, 0.25) is 0 Å². The maximum Gasteiger partial charge on any atom is 0.494 e. The number of sulfone groups is 1. The fourth-order valence-corrected chi connectivity index (χ4v) is 3.81. The van der Waals surface area contributed by atoms with Crippen molar-refractivity contribution in [3.8, 4) is 0 Å². The highest BCUT2D eigenvalue weighted by molar-refractivity contribution is 7.91. The van der Waals surface area contributed by atoms with Crippen molar-refractivity contribution in [3.63, 3.8) is 0 Å². The summed E-state index contributed by atoms with van der Waals surface area (Å²) in [5.41, 5.74) is 0.508. The molecule has 0 aliphatic carbocycles. The van der Waals surface area contributed by atoms with Crippen LogP contribution in [0.3, 0.4) is 0 Å². The summed E-state index contributed by atoms with van der Waals surface area (Å²) >= 11 is 0. The van der Waals surface area contributed by atoms with Crippen LogP contribution >= 0.6 is 0 Å². The van der Waals surface area contributed by atoms with Crippen molar-refractivity contribution in [1.29, 1.82) is 0 Å². The van der Waals surface area contributed by atoms with Gasteiger partial charge < -0.3 is 19.7 Å². The first kappa shape index (κ1) is 20.9. The summed E-state index contributed by atoms with van der Waals surface area (Å²) in [6.45, 7) is 7.68. The summed E-state index contributed by atoms with van der Waals surface area (Å²) in [6.07, 6.45) is 0. The largest absolute Gasteiger partial charge is 0.494 e. The normalized spacial score (nSPS) is 18.7. The second-order valence-electron chi connectivity index (χ2n) is 7.44. The van der Waals surface area contributed by atoms with Gasteiger partial charge in [0.2, 0.25) is 5.91 Å². The van der Waals surface area contributed by atoms with Crippen molar-refractivity contribution in [2.45, 2.75) is 44.6 Å². The van der Waals surface area contributed by atoms with Crippen LogP contribution in [-0.4, -0.2) is 56.7 Å². The number of carbonyl (C=O) groups is 1. The topological polar surface area (TPSA) is 102 Å². The third-order valence-electron chi connectivity index (χ3n) is 4.68. The molecule has 7 nitrogen and oxygen atoms in total. The van der Waals surface area contributed by atoms with Crippen molar-refractivity contribution in [2.75, 3.05) is 18.9 Å². The summed E-state index contributed by atoms with van der Waals surface area (Å²) in [4.78, 5) is 11.5. The summed E-state index contributed by atoms with van der Waals surface area (Å²) < 4.78 is 36.2. The molecule has 0 unspecified atom stereocenters. The van der Waals surface area contributed by atoms with E-state index in [1.165, 1.54) is 0 Å². The molecule has 26 heavy (non-hydrogen) atoms. The van der Waals surface area contributed by atoms with E-state index in [-0.39, 0.29) is 18.9 Å². The molecule has 0 bridgehead atoms. The highest BCUT2D eigenvalue weighted by atomic mass is 32.2. The van der Waals surface area contributed by atoms with Crippen LogP contribution < -0.4 is 10.8 Å². The highest BCUT2D eigenvalue weighted by Crippen LogP contribution is 2.36. The van der Waals surface area contributed by atoms with Gasteiger partial charge in [-0.1, -0.05) is 24.3 Å². The van der Waals surface area contributed by atoms with Crippen molar-refractivity contribution in [3.05, 3.63) is 29.8 Å². The van der Waals surface area contributed by atoms with Crippen LogP contribution in [0.25, 0.3) is 0 Å². The van der Waals surface area contributed by atoms with Crippen molar-refractivity contribution in [2.24, 2.45) is 0 Å². The minimum absolute atomic E-state index is 0.0388. The molecular weight excluding hydrogens is 357 g/mol. The molecular formula is C17H26BNO6S. The van der Waals surface area contributed by atoms with Gasteiger partial charge in [0, 0.05) is 6.54 Å². The zero-order chi connectivity index (χ0) is 19.6. The first-order valence-corrected chi connectivity index (χ1v) is 10.3. The van der Waals surface area contributed by atoms with E-state index in [1.54, 1.807) is 24.3 Å². The molecule has 1 heterocycles. The molecule has 1 aliphatic heterocycles. The number of benzene rings is 1. The number of hydrogen-bond donors (Lipinski definition) is 2. The summed E-state index contributed by atoms with van der Waals surface area (Å²) in [5.74, 6) is -1.46. The van der Waals surface area contributed by atoms with Crippen LogP contribution in [0.15, 0.2) is 24.3 Å². The van der Waals surface area contributed by atoms with Gasteiger partial charge in [0.1, 0.15) is 5.75 Å². The smallest absolute Gasteiger partial charge is 0.399 e. The highest BCUT2D eigenvalue weighted by Gasteiger charge is 2.51. The van der Waals surface area contributed by atoms with Crippen molar-refractivity contribution in [1.82, 2.24) is 5.32 Å². The fourth-order valence-electron chi connectivity index (χ4n) is 2.50. The minimum atomic E-state index is -3.59. The van der Waals surface area contributed by atoms with Crippen LogP contribution in [0.5, 0.6) is 0 Å². The molecule has 9 heteroatoms. The Morgan fingerprint density at radius 2 is 1.65 bits per heavy atom. The number of aliphatic hydroxyl groups excluding tert-OH is 1. The van der Waals surface area contributed by atoms with Crippen molar-refractivity contribution >= 4 is 28.3 Å². The Labute approximate surface area is 155 Å². The van der Waals surface area contributed by atoms with E-state index in [2.05, 4.69) is 5.32 Å². The molecule has 2 rings (SSSR count). The lowest BCUT2D eigenvalue weighted by Crippen LogP contribution is -2.41. The second kappa shape index (κ2) is 7.68. The van der Waals surface area contributed by atoms with E-state index >= 15 is 0 Å². The Kier molecular flexibility index (Phi) is 6.17. The maximum absolute atomic E-state index is 12.1. The molecule has 0 saturated carbocycles. The Hall–Kier alpha value is -1.42. The molecule has 0 radical (unpaired) electrons. The van der Waals surface area contributed by atoms with Crippen LogP contribution in [0.4, 0.5) is 0 Å². The SMILES string of the molecule is CC1(C)OB(c2ccc(CS(=O)(=O)CC(=O)NCCO)cc2)OC1(C)C. The summed E-state index contributed by atoms with van der Waals surface area (Å²) in [7, 11) is -4.09. The molecule has 1 amide bonds. The average Bonchev–Trinajstić information content (AvgIpc) is 2.73. The van der Waals surface area contributed by atoms with Crippen molar-refractivity contribution < 1.29 is 27.6 Å². The number of nitrogens with one attached hydrogen (secondary N) is 1. The Bertz CT molecular complexity index is 729. The Morgan fingerprint density at radius 3 is 2.15 bits per heavy atom. The van der Waals surface area contributed by atoms with E-state index < -0.39 is 39.8 Å². The Morgan fingerprint density at radius 1 is 1.12 bits per heavy atom. The fraction of sp³-hybridized carbons (Fsp3) is 0.588. The maximum atomic E-state index is 12.1.